The van der Waals surface area contributed by atoms with E-state index in [0.29, 0.717) is 13.2 Å². The number of hydrogen-bond acceptors (Lipinski definition) is 3. The minimum absolute atomic E-state index is 0.0544. The molecule has 0 unspecified atom stereocenters. The first-order valence-electron chi connectivity index (χ1n) is 4.07. The maximum absolute atomic E-state index is 10.7. The van der Waals surface area contributed by atoms with Crippen molar-refractivity contribution in [2.24, 2.45) is 5.90 Å². The summed E-state index contributed by atoms with van der Waals surface area (Å²) in [4.78, 5) is 16.5. The maximum atomic E-state index is 10.7. The van der Waals surface area contributed by atoms with Gasteiger partial charge >= 0.3 is 6.09 Å². The van der Waals surface area contributed by atoms with E-state index in [1.54, 1.807) is 0 Å². The molecule has 0 aromatic carbocycles. The third kappa shape index (κ3) is 2.09. The normalized spacial score (nSPS) is 24.1. The van der Waals surface area contributed by atoms with E-state index >= 15 is 0 Å². The molecule has 0 bridgehead atoms. The number of carboxylic acid groups (broad SMARTS) is 1. The third-order valence-corrected chi connectivity index (χ3v) is 2.16. The van der Waals surface area contributed by atoms with Gasteiger partial charge in [0.15, 0.2) is 0 Å². The van der Waals surface area contributed by atoms with Crippen LogP contribution in [-0.2, 0) is 4.84 Å². The topological polar surface area (TPSA) is 75.8 Å². The molecule has 1 atom stereocenters. The Labute approximate surface area is 71.0 Å². The first-order valence-corrected chi connectivity index (χ1v) is 4.07. The SMILES string of the molecule is NOC[C@@H]1CCCCN1C(=O)O. The molecule has 0 saturated carbocycles. The van der Waals surface area contributed by atoms with Crippen molar-refractivity contribution in [3.8, 4) is 0 Å². The van der Waals surface area contributed by atoms with Gasteiger partial charge in [-0.3, -0.25) is 0 Å². The molecular formula is C7H14N2O3. The largest absolute Gasteiger partial charge is 0.465 e. The monoisotopic (exact) mass is 174 g/mol. The molecule has 1 aliphatic rings. The Morgan fingerprint density at radius 2 is 2.42 bits per heavy atom. The van der Waals surface area contributed by atoms with Gasteiger partial charge in [-0.05, 0) is 19.3 Å². The summed E-state index contributed by atoms with van der Waals surface area (Å²) in [5, 5.41) is 8.76. The first-order chi connectivity index (χ1) is 5.75. The zero-order valence-electron chi connectivity index (χ0n) is 6.90. The summed E-state index contributed by atoms with van der Waals surface area (Å²) in [6.45, 7) is 0.898. The Balaban J connectivity index is 2.48. The predicted molar refractivity (Wildman–Crippen MR) is 42.5 cm³/mol. The molecule has 5 heteroatoms. The second-order valence-electron chi connectivity index (χ2n) is 2.96. The number of hydrogen-bond donors (Lipinski definition) is 2. The highest BCUT2D eigenvalue weighted by atomic mass is 16.6. The van der Waals surface area contributed by atoms with Crippen LogP contribution in [0.1, 0.15) is 19.3 Å². The van der Waals surface area contributed by atoms with Crippen molar-refractivity contribution in [1.29, 1.82) is 0 Å². The van der Waals surface area contributed by atoms with Crippen LogP contribution in [0.4, 0.5) is 4.79 Å². The molecule has 5 nitrogen and oxygen atoms in total. The Morgan fingerprint density at radius 1 is 1.67 bits per heavy atom. The van der Waals surface area contributed by atoms with Crippen molar-refractivity contribution in [1.82, 2.24) is 4.90 Å². The third-order valence-electron chi connectivity index (χ3n) is 2.16. The minimum Gasteiger partial charge on any atom is -0.465 e. The van der Waals surface area contributed by atoms with E-state index in [1.807, 2.05) is 0 Å². The average molecular weight is 174 g/mol. The van der Waals surface area contributed by atoms with Crippen LogP contribution < -0.4 is 5.90 Å². The van der Waals surface area contributed by atoms with Gasteiger partial charge in [-0.1, -0.05) is 0 Å². The highest BCUT2D eigenvalue weighted by Gasteiger charge is 2.25. The molecule has 1 amide bonds. The van der Waals surface area contributed by atoms with E-state index in [9.17, 15) is 4.79 Å². The van der Waals surface area contributed by atoms with Gasteiger partial charge in [-0.2, -0.15) is 0 Å². The van der Waals surface area contributed by atoms with Gasteiger partial charge in [0.1, 0.15) is 0 Å². The summed E-state index contributed by atoms with van der Waals surface area (Å²) in [6, 6.07) is -0.0544. The molecule has 1 heterocycles. The number of piperidine rings is 1. The fourth-order valence-electron chi connectivity index (χ4n) is 1.54. The molecule has 0 radical (unpaired) electrons. The quantitative estimate of drug-likeness (QED) is 0.594. The first kappa shape index (κ1) is 9.28. The predicted octanol–water partition coefficient (Wildman–Crippen LogP) is 0.409. The van der Waals surface area contributed by atoms with E-state index in [2.05, 4.69) is 4.84 Å². The van der Waals surface area contributed by atoms with Crippen LogP contribution in [0, 0.1) is 0 Å². The van der Waals surface area contributed by atoms with Crippen LogP contribution in [-0.4, -0.2) is 35.3 Å². The average Bonchev–Trinajstić information content (AvgIpc) is 2.05. The molecule has 0 aromatic rings. The lowest BCUT2D eigenvalue weighted by Gasteiger charge is -2.32. The van der Waals surface area contributed by atoms with E-state index in [4.69, 9.17) is 11.0 Å². The molecule has 1 fully saturated rings. The number of rotatable bonds is 2. The van der Waals surface area contributed by atoms with Gasteiger partial charge in [0.05, 0.1) is 12.6 Å². The number of likely N-dealkylation sites (tertiary alicyclic amines) is 1. The number of amides is 1. The second kappa shape index (κ2) is 4.27. The number of carbonyl (C=O) groups is 1. The molecule has 0 spiro atoms. The summed E-state index contributed by atoms with van der Waals surface area (Å²) >= 11 is 0. The fourth-order valence-corrected chi connectivity index (χ4v) is 1.54. The fraction of sp³-hybridized carbons (Fsp3) is 0.857. The zero-order valence-corrected chi connectivity index (χ0v) is 6.90. The van der Waals surface area contributed by atoms with Gasteiger partial charge < -0.3 is 14.8 Å². The van der Waals surface area contributed by atoms with Crippen molar-refractivity contribution in [3.63, 3.8) is 0 Å². The van der Waals surface area contributed by atoms with E-state index in [-0.39, 0.29) is 6.04 Å². The highest BCUT2D eigenvalue weighted by molar-refractivity contribution is 5.65. The molecule has 3 N–H and O–H groups in total. The van der Waals surface area contributed by atoms with Crippen LogP contribution in [0.15, 0.2) is 0 Å². The molecule has 12 heavy (non-hydrogen) atoms. The second-order valence-corrected chi connectivity index (χ2v) is 2.96. The van der Waals surface area contributed by atoms with Gasteiger partial charge in [0, 0.05) is 6.54 Å². The molecule has 1 aliphatic heterocycles. The van der Waals surface area contributed by atoms with E-state index in [0.717, 1.165) is 19.3 Å². The van der Waals surface area contributed by atoms with Crippen molar-refractivity contribution in [3.05, 3.63) is 0 Å². The molecular weight excluding hydrogens is 160 g/mol. The van der Waals surface area contributed by atoms with Crippen LogP contribution in [0.2, 0.25) is 0 Å². The summed E-state index contributed by atoms with van der Waals surface area (Å²) in [5.41, 5.74) is 0. The van der Waals surface area contributed by atoms with Crippen molar-refractivity contribution in [2.45, 2.75) is 25.3 Å². The Bertz CT molecular complexity index is 161. The van der Waals surface area contributed by atoms with Crippen LogP contribution in [0.5, 0.6) is 0 Å². The molecule has 1 rings (SSSR count). The lowest BCUT2D eigenvalue weighted by Crippen LogP contribution is -2.45. The van der Waals surface area contributed by atoms with Crippen molar-refractivity contribution < 1.29 is 14.7 Å². The Kier molecular flexibility index (Phi) is 3.31. The van der Waals surface area contributed by atoms with Crippen LogP contribution >= 0.6 is 0 Å². The minimum atomic E-state index is -0.878. The molecule has 70 valence electrons. The molecule has 0 aromatic heterocycles. The van der Waals surface area contributed by atoms with Crippen molar-refractivity contribution in [2.75, 3.05) is 13.2 Å². The summed E-state index contributed by atoms with van der Waals surface area (Å²) in [5.74, 6) is 4.90. The zero-order chi connectivity index (χ0) is 8.97. The lowest BCUT2D eigenvalue weighted by atomic mass is 10.0. The smallest absolute Gasteiger partial charge is 0.407 e. The van der Waals surface area contributed by atoms with Gasteiger partial charge in [-0.15, -0.1) is 0 Å². The summed E-state index contributed by atoms with van der Waals surface area (Å²) in [7, 11) is 0. The number of nitrogens with zero attached hydrogens (tertiary/aromatic N) is 1. The Hall–Kier alpha value is -0.810. The van der Waals surface area contributed by atoms with Gasteiger partial charge in [0.2, 0.25) is 0 Å². The van der Waals surface area contributed by atoms with Crippen molar-refractivity contribution >= 4 is 6.09 Å². The van der Waals surface area contributed by atoms with E-state index in [1.165, 1.54) is 4.90 Å². The maximum Gasteiger partial charge on any atom is 0.407 e. The van der Waals surface area contributed by atoms with Crippen LogP contribution in [0.25, 0.3) is 0 Å². The lowest BCUT2D eigenvalue weighted by molar-refractivity contribution is 0.0412. The summed E-state index contributed by atoms with van der Waals surface area (Å²) in [6.07, 6.45) is 1.96. The summed E-state index contributed by atoms with van der Waals surface area (Å²) < 4.78 is 0. The van der Waals surface area contributed by atoms with Gasteiger partial charge in [0.25, 0.3) is 0 Å². The standard InChI is InChI=1S/C7H14N2O3/c8-12-5-6-3-1-2-4-9(6)7(10)11/h6H,1-5,8H2,(H,10,11)/t6-/m0/s1. The highest BCUT2D eigenvalue weighted by Crippen LogP contribution is 2.16. The number of nitrogens with two attached hydrogens (primary N) is 1. The Morgan fingerprint density at radius 3 is 3.00 bits per heavy atom. The molecule has 1 saturated heterocycles. The van der Waals surface area contributed by atoms with E-state index < -0.39 is 6.09 Å². The van der Waals surface area contributed by atoms with Crippen LogP contribution in [0.3, 0.4) is 0 Å². The molecule has 0 aliphatic carbocycles. The van der Waals surface area contributed by atoms with Gasteiger partial charge in [-0.25, -0.2) is 10.7 Å².